The lowest BCUT2D eigenvalue weighted by Gasteiger charge is -2.19. The second-order valence-corrected chi connectivity index (χ2v) is 14.5. The van der Waals surface area contributed by atoms with E-state index in [0.717, 1.165) is 12.2 Å². The molecule has 0 saturated carbocycles. The van der Waals surface area contributed by atoms with Crippen LogP contribution in [0.15, 0.2) is 66.7 Å². The first kappa shape index (κ1) is 39.1. The molecule has 6 heteroatoms. The minimum Gasteiger partial charge on any atom is -0.494 e. The topological polar surface area (TPSA) is 67.4 Å². The largest absolute Gasteiger partial charge is 0.494 e. The molecule has 2 amide bonds. The van der Waals surface area contributed by atoms with Gasteiger partial charge in [0.25, 0.3) is 5.91 Å². The van der Waals surface area contributed by atoms with Crippen LogP contribution in [0.3, 0.4) is 0 Å². The Balaban J connectivity index is 1.27. The fourth-order valence-corrected chi connectivity index (χ4v) is 6.02. The Morgan fingerprint density at radius 1 is 0.708 bits per heavy atom. The maximum Gasteiger partial charge on any atom is 0.255 e. The number of amides is 2. The van der Waals surface area contributed by atoms with E-state index in [0.29, 0.717) is 41.4 Å². The van der Waals surface area contributed by atoms with Gasteiger partial charge in [0, 0.05) is 17.7 Å². The molecule has 2 N–H and O–H groups in total. The highest BCUT2D eigenvalue weighted by molar-refractivity contribution is 6.34. The summed E-state index contributed by atoms with van der Waals surface area (Å²) in [4.78, 5) is 25.3. The predicted octanol–water partition coefficient (Wildman–Crippen LogP) is 12.3. The lowest BCUT2D eigenvalue weighted by atomic mass is 9.87. The highest BCUT2D eigenvalue weighted by atomic mass is 35.5. The summed E-state index contributed by atoms with van der Waals surface area (Å²) in [7, 11) is 0. The molecule has 0 unspecified atom stereocenters. The Labute approximate surface area is 295 Å². The average Bonchev–Trinajstić information content (AvgIpc) is 3.06. The van der Waals surface area contributed by atoms with Gasteiger partial charge in [-0.15, -0.1) is 0 Å². The van der Waals surface area contributed by atoms with Crippen molar-refractivity contribution in [2.75, 3.05) is 17.2 Å². The second-order valence-electron chi connectivity index (χ2n) is 14.1. The molecule has 48 heavy (non-hydrogen) atoms. The van der Waals surface area contributed by atoms with Gasteiger partial charge in [-0.1, -0.05) is 141 Å². The van der Waals surface area contributed by atoms with E-state index >= 15 is 0 Å². The van der Waals surface area contributed by atoms with E-state index in [9.17, 15) is 9.59 Å². The van der Waals surface area contributed by atoms with Crippen molar-refractivity contribution >= 4 is 34.8 Å². The van der Waals surface area contributed by atoms with Gasteiger partial charge in [0.2, 0.25) is 5.91 Å². The molecule has 5 nitrogen and oxygen atoms in total. The van der Waals surface area contributed by atoms with E-state index in [1.54, 1.807) is 18.2 Å². The second kappa shape index (κ2) is 21.6. The van der Waals surface area contributed by atoms with Gasteiger partial charge in [-0.25, -0.2) is 0 Å². The van der Waals surface area contributed by atoms with Gasteiger partial charge in [-0.05, 0) is 78.3 Å². The number of carbonyl (C=O) groups is 2. The maximum absolute atomic E-state index is 12.7. The van der Waals surface area contributed by atoms with Gasteiger partial charge in [-0.2, -0.15) is 0 Å². The third kappa shape index (κ3) is 15.3. The Bertz CT molecular complexity index is 1380. The quantitative estimate of drug-likeness (QED) is 0.104. The van der Waals surface area contributed by atoms with Crippen LogP contribution in [0.25, 0.3) is 0 Å². The summed E-state index contributed by atoms with van der Waals surface area (Å²) in [5.74, 6) is 0.509. The van der Waals surface area contributed by atoms with Crippen molar-refractivity contribution < 1.29 is 14.3 Å². The Morgan fingerprint density at radius 3 is 1.94 bits per heavy atom. The van der Waals surface area contributed by atoms with Gasteiger partial charge in [0.05, 0.1) is 17.3 Å². The lowest BCUT2D eigenvalue weighted by Crippen LogP contribution is -2.15. The van der Waals surface area contributed by atoms with E-state index in [4.69, 9.17) is 16.3 Å². The summed E-state index contributed by atoms with van der Waals surface area (Å²) < 4.78 is 5.96. The van der Waals surface area contributed by atoms with Crippen LogP contribution in [-0.4, -0.2) is 18.4 Å². The van der Waals surface area contributed by atoms with E-state index in [1.807, 2.05) is 30.3 Å². The summed E-state index contributed by atoms with van der Waals surface area (Å²) in [5.41, 5.74) is 4.13. The number of carbonyl (C=O) groups excluding carboxylic acids is 2. The maximum atomic E-state index is 12.7. The number of benzene rings is 3. The van der Waals surface area contributed by atoms with E-state index in [2.05, 4.69) is 56.5 Å². The van der Waals surface area contributed by atoms with Crippen LogP contribution >= 0.6 is 11.6 Å². The molecule has 0 atom stereocenters. The zero-order valence-electron chi connectivity index (χ0n) is 30.0. The van der Waals surface area contributed by atoms with Crippen LogP contribution in [-0.2, 0) is 16.6 Å². The Morgan fingerprint density at radius 2 is 1.33 bits per heavy atom. The number of rotatable bonds is 22. The number of hydrogen-bond donors (Lipinski definition) is 2. The third-order valence-electron chi connectivity index (χ3n) is 8.80. The monoisotopic (exact) mass is 674 g/mol. The number of anilines is 2. The molecule has 3 aromatic rings. The number of unbranched alkanes of at least 4 members (excludes halogenated alkanes) is 12. The first-order valence-corrected chi connectivity index (χ1v) is 18.8. The van der Waals surface area contributed by atoms with E-state index in [1.165, 1.54) is 94.6 Å². The third-order valence-corrected chi connectivity index (χ3v) is 9.11. The van der Waals surface area contributed by atoms with Crippen molar-refractivity contribution in [3.63, 3.8) is 0 Å². The number of hydrogen-bond acceptors (Lipinski definition) is 3. The van der Waals surface area contributed by atoms with Crippen LogP contribution < -0.4 is 15.4 Å². The van der Waals surface area contributed by atoms with Crippen LogP contribution in [0.1, 0.15) is 145 Å². The van der Waals surface area contributed by atoms with E-state index in [-0.39, 0.29) is 17.2 Å². The first-order valence-electron chi connectivity index (χ1n) is 18.4. The fraction of sp³-hybridized carbons (Fsp3) is 0.524. The van der Waals surface area contributed by atoms with Gasteiger partial charge < -0.3 is 15.4 Å². The Hall–Kier alpha value is -3.31. The molecule has 0 aromatic heterocycles. The Kier molecular flexibility index (Phi) is 17.6. The number of nitrogens with one attached hydrogen (secondary N) is 2. The molecular weight excluding hydrogens is 616 g/mol. The molecule has 262 valence electrons. The SMILES string of the molecule is CCCCCCCCCCCCCCCc1cccc(OCCCC(=O)Nc2ccc(NC(=O)c3ccc(C(C)(C)C)cc3)cc2Cl)c1. The molecule has 0 heterocycles. The van der Waals surface area contributed by atoms with Crippen LogP contribution in [0, 0.1) is 0 Å². The summed E-state index contributed by atoms with van der Waals surface area (Å²) in [6, 6.07) is 21.0. The summed E-state index contributed by atoms with van der Waals surface area (Å²) >= 11 is 6.44. The number of ether oxygens (including phenoxy) is 1. The highest BCUT2D eigenvalue weighted by Gasteiger charge is 2.15. The minimum absolute atomic E-state index is 0.0208. The zero-order valence-corrected chi connectivity index (χ0v) is 30.7. The average molecular weight is 675 g/mol. The summed E-state index contributed by atoms with van der Waals surface area (Å²) in [6.07, 6.45) is 19.7. The minimum atomic E-state index is -0.214. The zero-order chi connectivity index (χ0) is 34.6. The van der Waals surface area contributed by atoms with Crippen molar-refractivity contribution in [2.24, 2.45) is 0 Å². The molecule has 3 aromatic carbocycles. The molecule has 0 bridgehead atoms. The van der Waals surface area contributed by atoms with Crippen molar-refractivity contribution in [3.05, 3.63) is 88.4 Å². The molecule has 0 aliphatic heterocycles. The molecule has 0 saturated heterocycles. The molecule has 0 aliphatic rings. The molecule has 0 fully saturated rings. The van der Waals surface area contributed by atoms with Crippen LogP contribution in [0.4, 0.5) is 11.4 Å². The standard InChI is InChI=1S/C42H59ClN2O3/c1-5-6-7-8-9-10-11-12-13-14-15-16-17-20-33-21-18-22-37(31-33)48-30-19-23-40(46)45-39-29-28-36(32-38(39)43)44-41(47)34-24-26-35(27-25-34)42(2,3)4/h18,21-22,24-29,31-32H,5-17,19-20,23,30H2,1-4H3,(H,44,47)(H,45,46). The van der Waals surface area contributed by atoms with Crippen molar-refractivity contribution in [2.45, 2.75) is 136 Å². The van der Waals surface area contributed by atoms with Gasteiger partial charge >= 0.3 is 0 Å². The summed E-state index contributed by atoms with van der Waals surface area (Å²) in [5, 5.41) is 6.11. The molecule has 0 radical (unpaired) electrons. The molecular formula is C42H59ClN2O3. The number of halogens is 1. The van der Waals surface area contributed by atoms with Crippen LogP contribution in [0.2, 0.25) is 5.02 Å². The van der Waals surface area contributed by atoms with Crippen molar-refractivity contribution in [1.82, 2.24) is 0 Å². The van der Waals surface area contributed by atoms with Gasteiger partial charge in [0.1, 0.15) is 5.75 Å². The van der Waals surface area contributed by atoms with Crippen molar-refractivity contribution in [3.8, 4) is 5.75 Å². The fourth-order valence-electron chi connectivity index (χ4n) is 5.79. The van der Waals surface area contributed by atoms with Gasteiger partial charge in [-0.3, -0.25) is 9.59 Å². The molecule has 3 rings (SSSR count). The highest BCUT2D eigenvalue weighted by Crippen LogP contribution is 2.27. The van der Waals surface area contributed by atoms with Crippen molar-refractivity contribution in [1.29, 1.82) is 0 Å². The van der Waals surface area contributed by atoms with Gasteiger partial charge in [0.15, 0.2) is 0 Å². The molecule has 0 spiro atoms. The van der Waals surface area contributed by atoms with Crippen LogP contribution in [0.5, 0.6) is 5.75 Å². The van der Waals surface area contributed by atoms with E-state index < -0.39 is 0 Å². The smallest absolute Gasteiger partial charge is 0.255 e. The normalized spacial score (nSPS) is 11.4. The molecule has 0 aliphatic carbocycles. The number of aryl methyl sites for hydroxylation is 1. The lowest BCUT2D eigenvalue weighted by molar-refractivity contribution is -0.116. The predicted molar refractivity (Wildman–Crippen MR) is 204 cm³/mol. The summed E-state index contributed by atoms with van der Waals surface area (Å²) in [6.45, 7) is 9.15. The first-order chi connectivity index (χ1) is 23.2.